The normalized spacial score (nSPS) is 13.8. The van der Waals surface area contributed by atoms with Crippen LogP contribution in [-0.4, -0.2) is 33.0 Å². The van der Waals surface area contributed by atoms with Gasteiger partial charge in [-0.1, -0.05) is 17.7 Å². The quantitative estimate of drug-likeness (QED) is 0.330. The standard InChI is InChI=1S/C27H29FN2O4S/c1-17(2)11-25-23(29-16-30(25)24-13-19(33-3)7-10-22(24)28)15-34-20-6-4-5-18(12-20)26(14-27(31)32)35-21-8-9-21/h4-7,10-13,16,21,26H,8-9,14-15H2,1-3H3,(H,31,32). The van der Waals surface area contributed by atoms with E-state index in [0.29, 0.717) is 28.1 Å². The minimum atomic E-state index is -0.809. The Balaban J connectivity index is 1.58. The van der Waals surface area contributed by atoms with E-state index < -0.39 is 5.97 Å². The van der Waals surface area contributed by atoms with Gasteiger partial charge in [-0.2, -0.15) is 0 Å². The van der Waals surface area contributed by atoms with Gasteiger partial charge in [0.05, 0.1) is 24.9 Å². The molecule has 0 amide bonds. The van der Waals surface area contributed by atoms with E-state index in [1.165, 1.54) is 6.07 Å². The smallest absolute Gasteiger partial charge is 0.304 e. The molecule has 1 fully saturated rings. The Hall–Kier alpha value is -3.26. The van der Waals surface area contributed by atoms with Gasteiger partial charge in [0.15, 0.2) is 0 Å². The SMILES string of the molecule is COc1ccc(F)c(-n2cnc(COc3cccc(C(CC(=O)O)SC4CC4)c3)c2C=C(C)C)c1. The Labute approximate surface area is 208 Å². The van der Waals surface area contributed by atoms with Gasteiger partial charge in [0.1, 0.15) is 35.9 Å². The Bertz CT molecular complexity index is 1230. The zero-order valence-corrected chi connectivity index (χ0v) is 20.8. The highest BCUT2D eigenvalue weighted by molar-refractivity contribution is 8.00. The van der Waals surface area contributed by atoms with E-state index in [1.54, 1.807) is 41.9 Å². The number of aromatic nitrogens is 2. The lowest BCUT2D eigenvalue weighted by Gasteiger charge is -2.16. The fourth-order valence-electron chi connectivity index (χ4n) is 3.72. The molecule has 1 heterocycles. The van der Waals surface area contributed by atoms with Crippen LogP contribution in [0.4, 0.5) is 4.39 Å². The molecule has 0 bridgehead atoms. The number of nitrogens with zero attached hydrogens (tertiary/aromatic N) is 2. The maximum atomic E-state index is 14.7. The third-order valence-electron chi connectivity index (χ3n) is 5.57. The van der Waals surface area contributed by atoms with Crippen LogP contribution in [0.5, 0.6) is 11.5 Å². The number of hydrogen-bond donors (Lipinski definition) is 1. The average Bonchev–Trinajstić information content (AvgIpc) is 3.56. The molecule has 184 valence electrons. The van der Waals surface area contributed by atoms with Crippen LogP contribution in [0.2, 0.25) is 0 Å². The second kappa shape index (κ2) is 11.0. The van der Waals surface area contributed by atoms with Crippen LogP contribution in [-0.2, 0) is 11.4 Å². The molecule has 35 heavy (non-hydrogen) atoms. The van der Waals surface area contributed by atoms with Crippen molar-refractivity contribution in [1.29, 1.82) is 0 Å². The molecule has 3 aromatic rings. The highest BCUT2D eigenvalue weighted by Crippen LogP contribution is 2.45. The predicted molar refractivity (Wildman–Crippen MR) is 136 cm³/mol. The number of allylic oxidation sites excluding steroid dienone is 1. The van der Waals surface area contributed by atoms with Gasteiger partial charge >= 0.3 is 5.97 Å². The number of methoxy groups -OCH3 is 1. The number of benzene rings is 2. The summed E-state index contributed by atoms with van der Waals surface area (Å²) in [6, 6.07) is 12.2. The van der Waals surface area contributed by atoms with Crippen LogP contribution in [0.15, 0.2) is 54.4 Å². The number of aliphatic carboxylic acids is 1. The molecular formula is C27H29FN2O4S. The highest BCUT2D eigenvalue weighted by Gasteiger charge is 2.28. The van der Waals surface area contributed by atoms with Gasteiger partial charge in [-0.05, 0) is 62.6 Å². The summed E-state index contributed by atoms with van der Waals surface area (Å²) in [5.41, 5.74) is 3.70. The zero-order chi connectivity index (χ0) is 24.9. The Morgan fingerprint density at radius 2 is 2.06 bits per heavy atom. The molecule has 6 nitrogen and oxygen atoms in total. The summed E-state index contributed by atoms with van der Waals surface area (Å²) in [6.45, 7) is 4.11. The topological polar surface area (TPSA) is 73.6 Å². The van der Waals surface area contributed by atoms with Gasteiger partial charge in [0, 0.05) is 16.6 Å². The molecule has 1 N–H and O–H groups in total. The Kier molecular flexibility index (Phi) is 7.80. The van der Waals surface area contributed by atoms with E-state index in [2.05, 4.69) is 4.98 Å². The molecule has 0 spiro atoms. The fraction of sp³-hybridized carbons (Fsp3) is 0.333. The van der Waals surface area contributed by atoms with Crippen molar-refractivity contribution in [3.8, 4) is 17.2 Å². The summed E-state index contributed by atoms with van der Waals surface area (Å²) < 4.78 is 27.7. The number of carbonyl (C=O) groups is 1. The van der Waals surface area contributed by atoms with Gasteiger partial charge < -0.3 is 14.6 Å². The van der Waals surface area contributed by atoms with Crippen molar-refractivity contribution in [1.82, 2.24) is 9.55 Å². The van der Waals surface area contributed by atoms with Crippen molar-refractivity contribution < 1.29 is 23.8 Å². The number of halogens is 1. The summed E-state index contributed by atoms with van der Waals surface area (Å²) in [4.78, 5) is 15.9. The van der Waals surface area contributed by atoms with E-state index in [-0.39, 0.29) is 24.1 Å². The van der Waals surface area contributed by atoms with E-state index in [0.717, 1.165) is 29.7 Å². The summed E-state index contributed by atoms with van der Waals surface area (Å²) in [5.74, 6) is -0.00652. The first-order valence-corrected chi connectivity index (χ1v) is 12.4. The molecule has 1 aromatic heterocycles. The van der Waals surface area contributed by atoms with E-state index in [9.17, 15) is 14.3 Å². The monoisotopic (exact) mass is 496 g/mol. The van der Waals surface area contributed by atoms with Crippen molar-refractivity contribution in [2.75, 3.05) is 7.11 Å². The second-order valence-corrected chi connectivity index (χ2v) is 10.3. The molecular weight excluding hydrogens is 467 g/mol. The first-order chi connectivity index (χ1) is 16.8. The molecule has 0 aliphatic heterocycles. The van der Waals surface area contributed by atoms with Crippen LogP contribution in [0.25, 0.3) is 11.8 Å². The number of carboxylic acids is 1. The van der Waals surface area contributed by atoms with Crippen LogP contribution in [0, 0.1) is 5.82 Å². The van der Waals surface area contributed by atoms with Crippen LogP contribution >= 0.6 is 11.8 Å². The maximum absolute atomic E-state index is 14.7. The Morgan fingerprint density at radius 1 is 1.26 bits per heavy atom. The molecule has 0 saturated heterocycles. The van der Waals surface area contributed by atoms with E-state index >= 15 is 0 Å². The molecule has 1 aliphatic carbocycles. The van der Waals surface area contributed by atoms with Crippen LogP contribution in [0.3, 0.4) is 0 Å². The summed E-state index contributed by atoms with van der Waals surface area (Å²) in [7, 11) is 1.54. The number of hydrogen-bond acceptors (Lipinski definition) is 5. The molecule has 1 atom stereocenters. The molecule has 2 aromatic carbocycles. The lowest BCUT2D eigenvalue weighted by Crippen LogP contribution is -2.05. The number of imidazole rings is 1. The van der Waals surface area contributed by atoms with E-state index in [4.69, 9.17) is 9.47 Å². The number of ether oxygens (including phenoxy) is 2. The largest absolute Gasteiger partial charge is 0.497 e. The summed E-state index contributed by atoms with van der Waals surface area (Å²) in [5, 5.41) is 9.78. The van der Waals surface area contributed by atoms with Crippen molar-refractivity contribution in [2.24, 2.45) is 0 Å². The lowest BCUT2D eigenvalue weighted by atomic mass is 10.1. The molecule has 1 aliphatic rings. The zero-order valence-electron chi connectivity index (χ0n) is 20.0. The molecule has 0 radical (unpaired) electrons. The molecule has 1 saturated carbocycles. The van der Waals surface area contributed by atoms with Crippen molar-refractivity contribution in [2.45, 2.75) is 50.2 Å². The number of carboxylic acid groups (broad SMARTS) is 1. The second-order valence-electron chi connectivity index (χ2n) is 8.77. The minimum absolute atomic E-state index is 0.0752. The molecule has 4 rings (SSSR count). The Morgan fingerprint density at radius 3 is 2.74 bits per heavy atom. The van der Waals surface area contributed by atoms with Gasteiger partial charge in [-0.25, -0.2) is 9.37 Å². The van der Waals surface area contributed by atoms with Crippen molar-refractivity contribution in [3.05, 3.63) is 77.1 Å². The highest BCUT2D eigenvalue weighted by atomic mass is 32.2. The van der Waals surface area contributed by atoms with Crippen LogP contribution < -0.4 is 9.47 Å². The van der Waals surface area contributed by atoms with Gasteiger partial charge in [0.2, 0.25) is 0 Å². The lowest BCUT2D eigenvalue weighted by molar-refractivity contribution is -0.137. The third kappa shape index (κ3) is 6.45. The molecule has 8 heteroatoms. The summed E-state index contributed by atoms with van der Waals surface area (Å²) in [6.07, 6.45) is 5.88. The van der Waals surface area contributed by atoms with Crippen LogP contribution in [0.1, 0.15) is 55.3 Å². The number of thioether (sulfide) groups is 1. The average molecular weight is 497 g/mol. The predicted octanol–water partition coefficient (Wildman–Crippen LogP) is 6.43. The van der Waals surface area contributed by atoms with Gasteiger partial charge in [-0.15, -0.1) is 11.8 Å². The van der Waals surface area contributed by atoms with E-state index in [1.807, 2.05) is 44.2 Å². The first-order valence-electron chi connectivity index (χ1n) is 11.5. The van der Waals surface area contributed by atoms with Crippen molar-refractivity contribution >= 4 is 23.8 Å². The van der Waals surface area contributed by atoms with Gasteiger partial charge in [-0.3, -0.25) is 9.36 Å². The van der Waals surface area contributed by atoms with Gasteiger partial charge in [0.25, 0.3) is 0 Å². The van der Waals surface area contributed by atoms with Crippen molar-refractivity contribution in [3.63, 3.8) is 0 Å². The fourth-order valence-corrected chi connectivity index (χ4v) is 5.14. The number of rotatable bonds is 11. The maximum Gasteiger partial charge on any atom is 0.304 e. The first kappa shape index (κ1) is 24.9. The summed E-state index contributed by atoms with van der Waals surface area (Å²) >= 11 is 1.72. The molecule has 1 unspecified atom stereocenters. The third-order valence-corrected chi connectivity index (χ3v) is 7.19. The minimum Gasteiger partial charge on any atom is -0.497 e.